The molecule has 0 saturated carbocycles. The number of rotatable bonds is 63. The van der Waals surface area contributed by atoms with Gasteiger partial charge in [-0.25, -0.2) is 0 Å². The van der Waals surface area contributed by atoms with Crippen LogP contribution in [0.25, 0.3) is 0 Å². The zero-order chi connectivity index (χ0) is 56.4. The number of likely N-dealkylation sites (N-methyl/N-ethyl adjacent to an activating group) is 1. The zero-order valence-electron chi connectivity index (χ0n) is 52.5. The molecule has 9 nitrogen and oxygen atoms in total. The second-order valence-corrected chi connectivity index (χ2v) is 26.1. The number of esters is 1. The highest BCUT2D eigenvalue weighted by molar-refractivity contribution is 7.45. The Morgan fingerprint density at radius 2 is 0.740 bits per heavy atom. The van der Waals surface area contributed by atoms with Gasteiger partial charge in [-0.3, -0.25) is 14.2 Å². The number of hydrogen-bond donors (Lipinski definition) is 1. The molecule has 0 radical (unpaired) electrons. The van der Waals surface area contributed by atoms with Crippen molar-refractivity contribution < 1.29 is 37.3 Å². The summed E-state index contributed by atoms with van der Waals surface area (Å²) in [6.45, 7) is 6.91. The quantitative estimate of drug-likeness (QED) is 0.0212. The van der Waals surface area contributed by atoms with Crippen LogP contribution in [0.3, 0.4) is 0 Å². The summed E-state index contributed by atoms with van der Waals surface area (Å²) in [4.78, 5) is 40.0. The van der Waals surface area contributed by atoms with Gasteiger partial charge in [0.1, 0.15) is 19.3 Å². The van der Waals surface area contributed by atoms with Crippen LogP contribution in [0.15, 0.2) is 12.2 Å². The SMILES string of the molecule is CCCCCCCCCCCCC/C=C\C(OC(=O)CCCCCCCCCCCCCCC)C(COP(=O)([O-])OCC[N+](C)(C)C)NC(=O)CCCCCCCCCCCCCCCCCCCCCCCCCCC. The fourth-order valence-corrected chi connectivity index (χ4v) is 11.2. The third kappa shape index (κ3) is 59.2. The highest BCUT2D eigenvalue weighted by Crippen LogP contribution is 2.38. The van der Waals surface area contributed by atoms with Crippen LogP contribution in [-0.4, -0.2) is 69.4 Å². The Morgan fingerprint density at radius 1 is 0.442 bits per heavy atom. The summed E-state index contributed by atoms with van der Waals surface area (Å²) in [6, 6.07) is -0.879. The topological polar surface area (TPSA) is 114 Å². The fraction of sp³-hybridized carbons (Fsp3) is 0.940. The van der Waals surface area contributed by atoms with E-state index in [1.54, 1.807) is 0 Å². The van der Waals surface area contributed by atoms with Crippen molar-refractivity contribution in [1.29, 1.82) is 0 Å². The van der Waals surface area contributed by atoms with Gasteiger partial charge in [-0.05, 0) is 31.8 Å². The molecule has 458 valence electrons. The number of phosphoric ester groups is 1. The molecule has 3 unspecified atom stereocenters. The van der Waals surface area contributed by atoms with Gasteiger partial charge in [-0.15, -0.1) is 0 Å². The fourth-order valence-electron chi connectivity index (χ4n) is 10.5. The first kappa shape index (κ1) is 75.8. The Labute approximate surface area is 480 Å². The lowest BCUT2D eigenvalue weighted by molar-refractivity contribution is -0.870. The summed E-state index contributed by atoms with van der Waals surface area (Å²) in [5.41, 5.74) is 0. The summed E-state index contributed by atoms with van der Waals surface area (Å²) in [7, 11) is 1.21. The van der Waals surface area contributed by atoms with E-state index in [1.807, 2.05) is 33.3 Å². The maximum atomic E-state index is 13.6. The van der Waals surface area contributed by atoms with Crippen LogP contribution in [-0.2, 0) is 27.9 Å². The Hall–Kier alpha value is -1.25. The van der Waals surface area contributed by atoms with E-state index >= 15 is 0 Å². The Kier molecular flexibility index (Phi) is 57.0. The minimum absolute atomic E-state index is 0.0166. The van der Waals surface area contributed by atoms with Gasteiger partial charge in [0.05, 0.1) is 33.8 Å². The summed E-state index contributed by atoms with van der Waals surface area (Å²) >= 11 is 0. The number of amides is 1. The first-order chi connectivity index (χ1) is 37.4. The van der Waals surface area contributed by atoms with Crippen LogP contribution in [0.1, 0.15) is 355 Å². The van der Waals surface area contributed by atoms with Gasteiger partial charge < -0.3 is 28.5 Å². The van der Waals surface area contributed by atoms with Crippen LogP contribution < -0.4 is 10.2 Å². The first-order valence-electron chi connectivity index (χ1n) is 34.0. The Morgan fingerprint density at radius 3 is 1.06 bits per heavy atom. The largest absolute Gasteiger partial charge is 0.756 e. The van der Waals surface area contributed by atoms with Crippen LogP contribution in [0, 0.1) is 0 Å². The summed E-state index contributed by atoms with van der Waals surface area (Å²) in [5, 5.41) is 3.05. The molecule has 77 heavy (non-hydrogen) atoms. The standard InChI is InChI=1S/C67H133N2O7P/c1-7-10-13-16-19-22-25-28-29-30-31-32-33-34-35-36-37-38-39-42-44-47-50-53-56-59-66(70)68-64(63-75-77(72,73)74-62-61-69(4,5)6)65(58-55-52-49-46-43-40-26-23-20-17-14-11-8-2)76-67(71)60-57-54-51-48-45-41-27-24-21-18-15-12-9-3/h55,58,64-65H,7-54,56-57,59-63H2,1-6H3,(H-,68,70,72,73)/b58-55-. The Bertz CT molecular complexity index is 1320. The van der Waals surface area contributed by atoms with Crippen molar-refractivity contribution in [2.45, 2.75) is 367 Å². The predicted molar refractivity (Wildman–Crippen MR) is 330 cm³/mol. The number of nitrogens with one attached hydrogen (secondary N) is 1. The summed E-state index contributed by atoms with van der Waals surface area (Å²) in [5.74, 6) is -0.517. The highest BCUT2D eigenvalue weighted by Gasteiger charge is 2.27. The lowest BCUT2D eigenvalue weighted by atomic mass is 10.0. The number of ether oxygens (including phenoxy) is 1. The zero-order valence-corrected chi connectivity index (χ0v) is 53.3. The smallest absolute Gasteiger partial charge is 0.306 e. The highest BCUT2D eigenvalue weighted by atomic mass is 31.2. The predicted octanol–water partition coefficient (Wildman–Crippen LogP) is 20.5. The van der Waals surface area contributed by atoms with Crippen LogP contribution in [0.2, 0.25) is 0 Å². The second kappa shape index (κ2) is 58.0. The number of phosphoric acid groups is 1. The molecule has 0 aromatic heterocycles. The molecule has 0 aromatic rings. The van der Waals surface area contributed by atoms with E-state index in [-0.39, 0.29) is 31.5 Å². The molecule has 0 aliphatic rings. The van der Waals surface area contributed by atoms with Gasteiger partial charge in [0.15, 0.2) is 0 Å². The lowest BCUT2D eigenvalue weighted by Crippen LogP contribution is -2.47. The van der Waals surface area contributed by atoms with Crippen molar-refractivity contribution in [2.75, 3.05) is 40.9 Å². The van der Waals surface area contributed by atoms with Crippen molar-refractivity contribution in [3.05, 3.63) is 12.2 Å². The summed E-state index contributed by atoms with van der Waals surface area (Å²) < 4.78 is 30.4. The molecule has 0 saturated heterocycles. The van der Waals surface area contributed by atoms with E-state index in [4.69, 9.17) is 13.8 Å². The van der Waals surface area contributed by atoms with E-state index in [2.05, 4.69) is 26.1 Å². The van der Waals surface area contributed by atoms with Crippen molar-refractivity contribution in [3.8, 4) is 0 Å². The number of carbonyl (C=O) groups excluding carboxylic acids is 2. The molecule has 0 aliphatic carbocycles. The molecule has 0 rings (SSSR count). The van der Waals surface area contributed by atoms with E-state index in [9.17, 15) is 19.0 Å². The maximum Gasteiger partial charge on any atom is 0.306 e. The third-order valence-corrected chi connectivity index (χ3v) is 16.7. The van der Waals surface area contributed by atoms with Crippen LogP contribution >= 0.6 is 7.82 Å². The molecule has 0 aliphatic heterocycles. The number of unbranched alkanes of at least 4 members (excludes halogenated alkanes) is 47. The van der Waals surface area contributed by atoms with Gasteiger partial charge in [-0.1, -0.05) is 322 Å². The molecular weight excluding hydrogens is 976 g/mol. The average Bonchev–Trinajstić information content (AvgIpc) is 3.39. The van der Waals surface area contributed by atoms with Crippen molar-refractivity contribution in [3.63, 3.8) is 0 Å². The van der Waals surface area contributed by atoms with E-state index in [0.29, 0.717) is 17.4 Å². The summed E-state index contributed by atoms with van der Waals surface area (Å²) in [6.07, 6.45) is 67.6. The van der Waals surface area contributed by atoms with E-state index in [0.717, 1.165) is 57.8 Å². The maximum absolute atomic E-state index is 13.6. The monoisotopic (exact) mass is 1110 g/mol. The molecule has 1 N–H and O–H groups in total. The Balaban J connectivity index is 5.01. The van der Waals surface area contributed by atoms with Gasteiger partial charge >= 0.3 is 5.97 Å². The van der Waals surface area contributed by atoms with E-state index in [1.165, 1.54) is 263 Å². The normalized spacial score (nSPS) is 13.6. The number of quaternary nitrogens is 1. The molecule has 0 aromatic carbocycles. The molecular formula is C67H133N2O7P. The minimum atomic E-state index is -4.69. The minimum Gasteiger partial charge on any atom is -0.756 e. The number of hydrogen-bond acceptors (Lipinski definition) is 7. The van der Waals surface area contributed by atoms with Gasteiger partial charge in [-0.2, -0.15) is 0 Å². The van der Waals surface area contributed by atoms with Crippen LogP contribution in [0.4, 0.5) is 0 Å². The number of nitrogens with zero attached hydrogens (tertiary/aromatic N) is 1. The molecule has 0 spiro atoms. The van der Waals surface area contributed by atoms with E-state index < -0.39 is 20.0 Å². The third-order valence-electron chi connectivity index (χ3n) is 15.7. The van der Waals surface area contributed by atoms with Crippen molar-refractivity contribution in [1.82, 2.24) is 5.32 Å². The molecule has 1 amide bonds. The number of carbonyl (C=O) groups is 2. The molecule has 0 heterocycles. The first-order valence-corrected chi connectivity index (χ1v) is 35.5. The van der Waals surface area contributed by atoms with Gasteiger partial charge in [0, 0.05) is 12.8 Å². The van der Waals surface area contributed by atoms with Gasteiger partial charge in [0.2, 0.25) is 5.91 Å². The second-order valence-electron chi connectivity index (χ2n) is 24.7. The molecule has 0 fully saturated rings. The molecule has 3 atom stereocenters. The van der Waals surface area contributed by atoms with Crippen molar-refractivity contribution in [2.24, 2.45) is 0 Å². The van der Waals surface area contributed by atoms with Crippen LogP contribution in [0.5, 0.6) is 0 Å². The van der Waals surface area contributed by atoms with Gasteiger partial charge in [0.25, 0.3) is 7.82 Å². The number of allylic oxidation sites excluding steroid dienone is 1. The van der Waals surface area contributed by atoms with Crippen molar-refractivity contribution >= 4 is 19.7 Å². The average molecular weight is 1110 g/mol. The molecule has 0 bridgehead atoms. The molecule has 10 heteroatoms. The lowest BCUT2D eigenvalue weighted by Gasteiger charge is -2.30.